The monoisotopic (exact) mass is 432 g/mol. The number of hydrogen-bond acceptors (Lipinski definition) is 4. The Hall–Kier alpha value is -0.980. The third-order valence-electron chi connectivity index (χ3n) is 4.23. The van der Waals surface area contributed by atoms with Crippen LogP contribution in [0.15, 0.2) is 22.7 Å². The van der Waals surface area contributed by atoms with Crippen LogP contribution in [-0.4, -0.2) is 40.5 Å². The van der Waals surface area contributed by atoms with Crippen molar-refractivity contribution in [3.05, 3.63) is 27.7 Å². The topological polar surface area (TPSA) is 61.8 Å². The van der Waals surface area contributed by atoms with Gasteiger partial charge in [0.1, 0.15) is 11.8 Å². The highest BCUT2D eigenvalue weighted by molar-refractivity contribution is 9.10. The Balaban J connectivity index is 1.94. The van der Waals surface area contributed by atoms with Crippen molar-refractivity contribution in [3.63, 3.8) is 0 Å². The predicted octanol–water partition coefficient (Wildman–Crippen LogP) is 4.87. The van der Waals surface area contributed by atoms with Crippen molar-refractivity contribution in [1.29, 1.82) is 0 Å². The molecule has 1 amide bonds. The van der Waals surface area contributed by atoms with E-state index < -0.39 is 11.8 Å². The summed E-state index contributed by atoms with van der Waals surface area (Å²) in [5, 5.41) is 14.3. The van der Waals surface area contributed by atoms with Crippen LogP contribution in [0.2, 0.25) is 5.02 Å². The maximum atomic E-state index is 12.3. The number of likely N-dealkylation sites (tertiary alicyclic amines) is 1. The molecule has 140 valence electrons. The minimum atomic E-state index is -0.694. The van der Waals surface area contributed by atoms with Crippen LogP contribution in [0.4, 0.5) is 10.5 Å². The number of anilines is 1. The molecule has 1 aliphatic rings. The van der Waals surface area contributed by atoms with Gasteiger partial charge < -0.3 is 20.1 Å². The summed E-state index contributed by atoms with van der Waals surface area (Å²) in [7, 11) is 0. The second kappa shape index (κ2) is 8.14. The second-order valence-corrected chi connectivity index (χ2v) is 8.81. The molecule has 1 heterocycles. The van der Waals surface area contributed by atoms with Crippen molar-refractivity contribution in [2.24, 2.45) is 5.92 Å². The summed E-state index contributed by atoms with van der Waals surface area (Å²) >= 11 is 9.38. The first-order valence-corrected chi connectivity index (χ1v) is 9.63. The van der Waals surface area contributed by atoms with E-state index in [-0.39, 0.29) is 18.1 Å². The number of aliphatic hydroxyl groups is 1. The number of benzene rings is 1. The standard InChI is InChI=1S/C18H26BrClN2O3/c1-11-9-12(7-8-22(11)17(24)25-18(2,3)4)16(23)21-15-6-5-13(20)10-14(15)19/h5-6,10-12,16,21,23H,7-9H2,1-4H3. The van der Waals surface area contributed by atoms with Gasteiger partial charge in [0.15, 0.2) is 0 Å². The lowest BCUT2D eigenvalue weighted by Crippen LogP contribution is -2.49. The van der Waals surface area contributed by atoms with Crippen LogP contribution in [0.5, 0.6) is 0 Å². The molecule has 1 aromatic rings. The highest BCUT2D eigenvalue weighted by Crippen LogP contribution is 2.31. The first-order valence-electron chi connectivity index (χ1n) is 8.46. The van der Waals surface area contributed by atoms with Gasteiger partial charge in [-0.25, -0.2) is 4.79 Å². The summed E-state index contributed by atoms with van der Waals surface area (Å²) < 4.78 is 6.26. The largest absolute Gasteiger partial charge is 0.444 e. The van der Waals surface area contributed by atoms with Crippen molar-refractivity contribution in [1.82, 2.24) is 4.90 Å². The molecule has 7 heteroatoms. The van der Waals surface area contributed by atoms with E-state index in [1.807, 2.05) is 33.8 Å². The summed E-state index contributed by atoms with van der Waals surface area (Å²) in [6, 6.07) is 5.40. The van der Waals surface area contributed by atoms with Gasteiger partial charge in [0.05, 0.1) is 5.69 Å². The van der Waals surface area contributed by atoms with Crippen LogP contribution >= 0.6 is 27.5 Å². The first-order chi connectivity index (χ1) is 11.6. The van der Waals surface area contributed by atoms with Crippen molar-refractivity contribution < 1.29 is 14.6 Å². The fraction of sp³-hybridized carbons (Fsp3) is 0.611. The molecular weight excluding hydrogens is 408 g/mol. The van der Waals surface area contributed by atoms with Gasteiger partial charge in [0, 0.05) is 28.0 Å². The molecule has 0 saturated carbocycles. The molecule has 5 nitrogen and oxygen atoms in total. The summed E-state index contributed by atoms with van der Waals surface area (Å²) in [6.07, 6.45) is 0.434. The van der Waals surface area contributed by atoms with Crippen molar-refractivity contribution in [2.45, 2.75) is 58.4 Å². The predicted molar refractivity (Wildman–Crippen MR) is 104 cm³/mol. The molecule has 0 spiro atoms. The van der Waals surface area contributed by atoms with E-state index in [1.54, 1.807) is 17.0 Å². The Bertz CT molecular complexity index is 621. The number of amides is 1. The average Bonchev–Trinajstić information content (AvgIpc) is 2.48. The third kappa shape index (κ3) is 5.76. The van der Waals surface area contributed by atoms with E-state index in [1.165, 1.54) is 0 Å². The number of piperidine rings is 1. The molecule has 3 atom stereocenters. The molecule has 1 aliphatic heterocycles. The van der Waals surface area contributed by atoms with Crippen LogP contribution in [0, 0.1) is 5.92 Å². The smallest absolute Gasteiger partial charge is 0.410 e. The molecule has 1 saturated heterocycles. The Morgan fingerprint density at radius 3 is 2.72 bits per heavy atom. The number of rotatable bonds is 3. The van der Waals surface area contributed by atoms with Gasteiger partial charge in [0.2, 0.25) is 0 Å². The van der Waals surface area contributed by atoms with Crippen molar-refractivity contribution >= 4 is 39.3 Å². The van der Waals surface area contributed by atoms with Crippen LogP contribution in [0.25, 0.3) is 0 Å². The average molecular weight is 434 g/mol. The molecule has 1 aromatic carbocycles. The lowest BCUT2D eigenvalue weighted by Gasteiger charge is -2.40. The van der Waals surface area contributed by atoms with Gasteiger partial charge in [-0.05, 0) is 74.7 Å². The molecule has 0 aliphatic carbocycles. The Morgan fingerprint density at radius 2 is 2.16 bits per heavy atom. The highest BCUT2D eigenvalue weighted by atomic mass is 79.9. The molecular formula is C18H26BrClN2O3. The molecule has 25 heavy (non-hydrogen) atoms. The Kier molecular flexibility index (Phi) is 6.62. The maximum absolute atomic E-state index is 12.3. The maximum Gasteiger partial charge on any atom is 0.410 e. The number of nitrogens with zero attached hydrogens (tertiary/aromatic N) is 1. The zero-order valence-electron chi connectivity index (χ0n) is 15.1. The van der Waals surface area contributed by atoms with Crippen molar-refractivity contribution in [3.8, 4) is 0 Å². The van der Waals surface area contributed by atoms with E-state index in [0.29, 0.717) is 24.4 Å². The van der Waals surface area contributed by atoms with Gasteiger partial charge in [-0.3, -0.25) is 0 Å². The lowest BCUT2D eigenvalue weighted by molar-refractivity contribution is -0.00312. The third-order valence-corrected chi connectivity index (χ3v) is 5.12. The summed E-state index contributed by atoms with van der Waals surface area (Å²) in [5.41, 5.74) is 0.286. The fourth-order valence-electron chi connectivity index (χ4n) is 2.97. The minimum Gasteiger partial charge on any atom is -0.444 e. The molecule has 0 bridgehead atoms. The molecule has 2 N–H and O–H groups in total. The molecule has 0 radical (unpaired) electrons. The van der Waals surface area contributed by atoms with Gasteiger partial charge >= 0.3 is 6.09 Å². The van der Waals surface area contributed by atoms with Crippen LogP contribution in [0.3, 0.4) is 0 Å². The van der Waals surface area contributed by atoms with Crippen LogP contribution in [0.1, 0.15) is 40.5 Å². The molecule has 0 aromatic heterocycles. The number of halogens is 2. The fourth-order valence-corrected chi connectivity index (χ4v) is 3.77. The van der Waals surface area contributed by atoms with Crippen LogP contribution < -0.4 is 5.32 Å². The molecule has 2 rings (SSSR count). The normalized spacial score (nSPS) is 22.4. The summed E-state index contributed by atoms with van der Waals surface area (Å²) in [4.78, 5) is 14.0. The van der Waals surface area contributed by atoms with E-state index in [0.717, 1.165) is 10.2 Å². The van der Waals surface area contributed by atoms with Gasteiger partial charge in [0.25, 0.3) is 0 Å². The van der Waals surface area contributed by atoms with Gasteiger partial charge in [-0.15, -0.1) is 0 Å². The number of carbonyl (C=O) groups is 1. The Labute approximate surface area is 162 Å². The minimum absolute atomic E-state index is 0.0127. The zero-order valence-corrected chi connectivity index (χ0v) is 17.4. The zero-order chi connectivity index (χ0) is 18.8. The second-order valence-electron chi connectivity index (χ2n) is 7.52. The first kappa shape index (κ1) is 20.3. The van der Waals surface area contributed by atoms with Gasteiger partial charge in [-0.1, -0.05) is 11.6 Å². The number of aliphatic hydroxyl groups excluding tert-OH is 1. The van der Waals surface area contributed by atoms with E-state index >= 15 is 0 Å². The van der Waals surface area contributed by atoms with E-state index in [9.17, 15) is 9.90 Å². The van der Waals surface area contributed by atoms with Crippen LogP contribution in [-0.2, 0) is 4.74 Å². The lowest BCUT2D eigenvalue weighted by atomic mass is 9.90. The quantitative estimate of drug-likeness (QED) is 0.668. The van der Waals surface area contributed by atoms with Gasteiger partial charge in [-0.2, -0.15) is 0 Å². The Morgan fingerprint density at radius 1 is 1.48 bits per heavy atom. The number of hydrogen-bond donors (Lipinski definition) is 2. The number of ether oxygens (including phenoxy) is 1. The van der Waals surface area contributed by atoms with E-state index in [4.69, 9.17) is 16.3 Å². The highest BCUT2D eigenvalue weighted by Gasteiger charge is 2.34. The summed E-state index contributed by atoms with van der Waals surface area (Å²) in [5.74, 6) is 0.0521. The summed E-state index contributed by atoms with van der Waals surface area (Å²) in [6.45, 7) is 8.14. The SMILES string of the molecule is CC1CC(C(O)Nc2ccc(Cl)cc2Br)CCN1C(=O)OC(C)(C)C. The van der Waals surface area contributed by atoms with Crippen molar-refractivity contribution in [2.75, 3.05) is 11.9 Å². The van der Waals surface area contributed by atoms with E-state index in [2.05, 4.69) is 21.2 Å². The number of nitrogens with one attached hydrogen (secondary N) is 1. The molecule has 1 fully saturated rings. The number of carbonyl (C=O) groups excluding carboxylic acids is 1. The molecule has 3 unspecified atom stereocenters.